The predicted molar refractivity (Wildman–Crippen MR) is 81.0 cm³/mol. The number of esters is 1. The van der Waals surface area contributed by atoms with Crippen molar-refractivity contribution in [2.75, 3.05) is 13.2 Å². The molecule has 22 heavy (non-hydrogen) atoms. The molecule has 0 aliphatic carbocycles. The molecule has 0 aliphatic heterocycles. The lowest BCUT2D eigenvalue weighted by atomic mass is 10.1. The molecule has 1 aromatic rings. The molecule has 0 bridgehead atoms. The molecule has 7 nitrogen and oxygen atoms in total. The molecule has 0 radical (unpaired) electrons. The summed E-state index contributed by atoms with van der Waals surface area (Å²) >= 11 is 0. The molecule has 0 aromatic carbocycles. The van der Waals surface area contributed by atoms with E-state index < -0.39 is 5.97 Å². The van der Waals surface area contributed by atoms with E-state index in [4.69, 9.17) is 4.74 Å². The molecule has 1 rings (SSSR count). The summed E-state index contributed by atoms with van der Waals surface area (Å²) < 4.78 is 5.02. The van der Waals surface area contributed by atoms with Crippen molar-refractivity contribution in [3.05, 3.63) is 23.0 Å². The number of nitrogens with zero attached hydrogens (tertiary/aromatic N) is 1. The first-order valence-corrected chi connectivity index (χ1v) is 7.32. The Kier molecular flexibility index (Phi) is 6.62. The Morgan fingerprint density at radius 1 is 1.32 bits per heavy atom. The Morgan fingerprint density at radius 3 is 2.55 bits per heavy atom. The van der Waals surface area contributed by atoms with Crippen LogP contribution in [0.15, 0.2) is 6.20 Å². The number of carbonyl (C=O) groups excluding carboxylic acids is 3. The van der Waals surface area contributed by atoms with E-state index in [2.05, 4.69) is 10.4 Å². The van der Waals surface area contributed by atoms with Crippen molar-refractivity contribution in [3.8, 4) is 0 Å². The Hall–Kier alpha value is -2.31. The van der Waals surface area contributed by atoms with Gasteiger partial charge in [0.2, 0.25) is 11.8 Å². The van der Waals surface area contributed by atoms with Crippen LogP contribution in [0.25, 0.3) is 0 Å². The van der Waals surface area contributed by atoms with Crippen molar-refractivity contribution in [1.82, 2.24) is 15.4 Å². The Morgan fingerprint density at radius 2 is 2.00 bits per heavy atom. The first-order valence-electron chi connectivity index (χ1n) is 7.32. The molecule has 2 amide bonds. The van der Waals surface area contributed by atoms with Crippen LogP contribution in [0.5, 0.6) is 0 Å². The number of H-pyrrole nitrogens is 1. The number of rotatable bonds is 6. The second-order valence-electron chi connectivity index (χ2n) is 4.85. The summed E-state index contributed by atoms with van der Waals surface area (Å²) in [5.74, 6) is -0.893. The first-order chi connectivity index (χ1) is 10.4. The first kappa shape index (κ1) is 17.7. The van der Waals surface area contributed by atoms with Gasteiger partial charge in [-0.15, -0.1) is 0 Å². The fraction of sp³-hybridized carbons (Fsp3) is 0.533. The zero-order valence-corrected chi connectivity index (χ0v) is 13.5. The average Bonchev–Trinajstić information content (AvgIpc) is 2.83. The highest BCUT2D eigenvalue weighted by Crippen LogP contribution is 2.16. The Bertz CT molecular complexity index is 551. The van der Waals surface area contributed by atoms with E-state index in [0.717, 1.165) is 5.56 Å². The van der Waals surface area contributed by atoms with Gasteiger partial charge in [0.25, 0.3) is 0 Å². The number of hydrogen-bond donors (Lipinski definition) is 2. The minimum Gasteiger partial charge on any atom is -0.462 e. The monoisotopic (exact) mass is 309 g/mol. The van der Waals surface area contributed by atoms with E-state index in [1.807, 2.05) is 6.92 Å². The minimum atomic E-state index is -0.391. The summed E-state index contributed by atoms with van der Waals surface area (Å²) in [5, 5.41) is 1.27. The smallest absolute Gasteiger partial charge is 0.340 e. The van der Waals surface area contributed by atoms with E-state index in [1.54, 1.807) is 20.0 Å². The molecule has 2 N–H and O–H groups in total. The van der Waals surface area contributed by atoms with Gasteiger partial charge in [0, 0.05) is 31.8 Å². The highest BCUT2D eigenvalue weighted by Gasteiger charge is 2.19. The lowest BCUT2D eigenvalue weighted by molar-refractivity contribution is -0.140. The molecule has 0 saturated heterocycles. The number of aryl methyl sites for hydroxylation is 2. The van der Waals surface area contributed by atoms with Crippen LogP contribution in [0, 0.1) is 6.92 Å². The van der Waals surface area contributed by atoms with Crippen molar-refractivity contribution >= 4 is 17.8 Å². The maximum absolute atomic E-state index is 12.1. The van der Waals surface area contributed by atoms with E-state index >= 15 is 0 Å². The molecule has 0 atom stereocenters. The summed E-state index contributed by atoms with van der Waals surface area (Å²) in [5.41, 5.74) is 4.41. The second-order valence-corrected chi connectivity index (χ2v) is 4.85. The molecule has 0 spiro atoms. The van der Waals surface area contributed by atoms with Crippen molar-refractivity contribution in [1.29, 1.82) is 0 Å². The van der Waals surface area contributed by atoms with Gasteiger partial charge in [-0.1, -0.05) is 0 Å². The Balaban J connectivity index is 2.74. The van der Waals surface area contributed by atoms with E-state index in [9.17, 15) is 14.4 Å². The second kappa shape index (κ2) is 8.21. The van der Waals surface area contributed by atoms with Crippen molar-refractivity contribution < 1.29 is 19.1 Å². The zero-order chi connectivity index (χ0) is 16.7. The number of amides is 2. The zero-order valence-electron chi connectivity index (χ0n) is 13.5. The van der Waals surface area contributed by atoms with Crippen molar-refractivity contribution in [2.45, 2.75) is 40.5 Å². The van der Waals surface area contributed by atoms with Gasteiger partial charge in [-0.3, -0.25) is 20.0 Å². The average molecular weight is 309 g/mol. The highest BCUT2D eigenvalue weighted by atomic mass is 16.5. The van der Waals surface area contributed by atoms with Gasteiger partial charge in [0.05, 0.1) is 12.2 Å². The van der Waals surface area contributed by atoms with Crippen LogP contribution >= 0.6 is 0 Å². The number of aromatic nitrogens is 1. The van der Waals surface area contributed by atoms with Gasteiger partial charge in [-0.25, -0.2) is 4.79 Å². The lowest BCUT2D eigenvalue weighted by Crippen LogP contribution is -2.45. The standard InChI is InChI=1S/C15H23N3O4/c1-5-18(17-11(4)19)13(20)8-7-12-14(10(3)9-16-12)15(21)22-6-2/h9,16H,5-8H2,1-4H3,(H,17,19). The fourth-order valence-corrected chi connectivity index (χ4v) is 2.14. The van der Waals surface area contributed by atoms with Crippen LogP contribution in [-0.4, -0.2) is 40.9 Å². The van der Waals surface area contributed by atoms with E-state index in [0.29, 0.717) is 30.8 Å². The van der Waals surface area contributed by atoms with Crippen LogP contribution in [0.2, 0.25) is 0 Å². The number of nitrogens with one attached hydrogen (secondary N) is 2. The van der Waals surface area contributed by atoms with Crippen molar-refractivity contribution in [2.24, 2.45) is 0 Å². The summed E-state index contributed by atoms with van der Waals surface area (Å²) in [6.07, 6.45) is 2.27. The van der Waals surface area contributed by atoms with Crippen LogP contribution in [0.4, 0.5) is 0 Å². The fourth-order valence-electron chi connectivity index (χ4n) is 2.14. The SMILES string of the molecule is CCOC(=O)c1c(C)c[nH]c1CCC(=O)N(CC)NC(C)=O. The van der Waals surface area contributed by atoms with Crippen molar-refractivity contribution in [3.63, 3.8) is 0 Å². The molecule has 0 unspecified atom stereocenters. The molecular weight excluding hydrogens is 286 g/mol. The lowest BCUT2D eigenvalue weighted by Gasteiger charge is -2.20. The van der Waals surface area contributed by atoms with Crippen LogP contribution in [-0.2, 0) is 20.7 Å². The van der Waals surface area contributed by atoms with Crippen LogP contribution in [0.1, 0.15) is 48.8 Å². The predicted octanol–water partition coefficient (Wildman–Crippen LogP) is 1.33. The molecule has 7 heteroatoms. The quantitative estimate of drug-likeness (QED) is 0.612. The van der Waals surface area contributed by atoms with Gasteiger partial charge in [-0.05, 0) is 32.8 Å². The highest BCUT2D eigenvalue weighted by molar-refractivity contribution is 5.92. The topological polar surface area (TPSA) is 91.5 Å². The largest absolute Gasteiger partial charge is 0.462 e. The number of hydrazine groups is 1. The normalized spacial score (nSPS) is 10.2. The van der Waals surface area contributed by atoms with Crippen LogP contribution < -0.4 is 5.43 Å². The number of ether oxygens (including phenoxy) is 1. The number of carbonyl (C=O) groups is 3. The third-order valence-electron chi connectivity index (χ3n) is 3.14. The van der Waals surface area contributed by atoms with Gasteiger partial charge in [0.15, 0.2) is 0 Å². The summed E-state index contributed by atoms with van der Waals surface area (Å²) in [7, 11) is 0. The van der Waals surface area contributed by atoms with Gasteiger partial charge in [0.1, 0.15) is 0 Å². The molecule has 1 heterocycles. The molecule has 0 fully saturated rings. The maximum Gasteiger partial charge on any atom is 0.340 e. The summed E-state index contributed by atoms with van der Waals surface area (Å²) in [4.78, 5) is 38.1. The molecule has 122 valence electrons. The van der Waals surface area contributed by atoms with Gasteiger partial charge >= 0.3 is 5.97 Å². The summed E-state index contributed by atoms with van der Waals surface area (Å²) in [6.45, 7) is 7.36. The third kappa shape index (κ3) is 4.61. The van der Waals surface area contributed by atoms with E-state index in [-0.39, 0.29) is 18.2 Å². The van der Waals surface area contributed by atoms with E-state index in [1.165, 1.54) is 11.9 Å². The minimum absolute atomic E-state index is 0.181. The molecule has 0 saturated carbocycles. The number of aromatic amines is 1. The molecule has 1 aromatic heterocycles. The number of hydrogen-bond acceptors (Lipinski definition) is 4. The van der Waals surface area contributed by atoms with Gasteiger partial charge in [-0.2, -0.15) is 0 Å². The van der Waals surface area contributed by atoms with Gasteiger partial charge < -0.3 is 9.72 Å². The maximum atomic E-state index is 12.1. The van der Waals surface area contributed by atoms with Crippen LogP contribution in [0.3, 0.4) is 0 Å². The molecular formula is C15H23N3O4. The Labute approximate surface area is 130 Å². The molecule has 0 aliphatic rings. The third-order valence-corrected chi connectivity index (χ3v) is 3.14. The summed E-state index contributed by atoms with van der Waals surface area (Å²) in [6, 6.07) is 0.